The van der Waals surface area contributed by atoms with E-state index in [1.165, 1.54) is 53.9 Å². The van der Waals surface area contributed by atoms with Gasteiger partial charge in [-0.3, -0.25) is 9.52 Å². The maximum absolute atomic E-state index is 12.5. The number of carbonyl (C=O) groups excluding carboxylic acids is 1. The summed E-state index contributed by atoms with van der Waals surface area (Å²) in [6.07, 6.45) is 1.52. The molecule has 0 aliphatic rings. The van der Waals surface area contributed by atoms with Crippen LogP contribution in [0.1, 0.15) is 15.2 Å². The number of carbonyl (C=O) groups is 1. The van der Waals surface area contributed by atoms with Crippen LogP contribution in [-0.2, 0) is 10.0 Å². The van der Waals surface area contributed by atoms with E-state index in [2.05, 4.69) is 15.2 Å². The molecule has 1 amide bonds. The molecule has 27 heavy (non-hydrogen) atoms. The maximum atomic E-state index is 12.5. The summed E-state index contributed by atoms with van der Waals surface area (Å²) < 4.78 is 27.5. The monoisotopic (exact) mass is 419 g/mol. The zero-order chi connectivity index (χ0) is 19.3. The van der Waals surface area contributed by atoms with Gasteiger partial charge in [-0.2, -0.15) is 5.10 Å². The molecule has 0 aliphatic heterocycles. The molecular formula is C18H14ClN3O3S2. The van der Waals surface area contributed by atoms with E-state index in [-0.39, 0.29) is 16.1 Å². The Morgan fingerprint density at radius 2 is 1.78 bits per heavy atom. The standard InChI is InChI=1S/C18H14ClN3O3S2/c19-13-7-9-15(10-8-13)27(24,25)22-17-6-2-1-5-16(17)18(23)21-20-12-14-4-3-11-26-14/h1-12,22H,(H,21,23)/b20-12+. The Morgan fingerprint density at radius 1 is 1.04 bits per heavy atom. The van der Waals surface area contributed by atoms with Gasteiger partial charge in [-0.1, -0.05) is 29.8 Å². The van der Waals surface area contributed by atoms with Crippen molar-refractivity contribution in [3.05, 3.63) is 81.5 Å². The molecule has 2 N–H and O–H groups in total. The zero-order valence-electron chi connectivity index (χ0n) is 13.8. The van der Waals surface area contributed by atoms with E-state index in [0.717, 1.165) is 4.88 Å². The normalized spacial score (nSPS) is 11.4. The summed E-state index contributed by atoms with van der Waals surface area (Å²) in [7, 11) is -3.87. The van der Waals surface area contributed by atoms with Gasteiger partial charge in [0.05, 0.1) is 22.4 Å². The van der Waals surface area contributed by atoms with E-state index in [9.17, 15) is 13.2 Å². The first-order valence-electron chi connectivity index (χ1n) is 7.70. The minimum atomic E-state index is -3.87. The van der Waals surface area contributed by atoms with E-state index in [1.54, 1.807) is 12.1 Å². The van der Waals surface area contributed by atoms with Crippen LogP contribution in [-0.4, -0.2) is 20.5 Å². The van der Waals surface area contributed by atoms with Gasteiger partial charge >= 0.3 is 0 Å². The van der Waals surface area contributed by atoms with Gasteiger partial charge in [-0.05, 0) is 47.8 Å². The summed E-state index contributed by atoms with van der Waals surface area (Å²) in [4.78, 5) is 13.3. The summed E-state index contributed by atoms with van der Waals surface area (Å²) in [6, 6.07) is 15.7. The lowest BCUT2D eigenvalue weighted by Crippen LogP contribution is -2.21. The van der Waals surface area contributed by atoms with Crippen molar-refractivity contribution in [1.29, 1.82) is 0 Å². The van der Waals surface area contributed by atoms with E-state index >= 15 is 0 Å². The molecule has 0 saturated carbocycles. The third-order valence-corrected chi connectivity index (χ3v) is 5.88. The number of amides is 1. The number of thiophene rings is 1. The number of sulfonamides is 1. The Morgan fingerprint density at radius 3 is 2.48 bits per heavy atom. The summed E-state index contributed by atoms with van der Waals surface area (Å²) in [6.45, 7) is 0. The first-order chi connectivity index (χ1) is 13.0. The lowest BCUT2D eigenvalue weighted by atomic mass is 10.2. The second-order valence-electron chi connectivity index (χ2n) is 5.32. The number of hydrogen-bond acceptors (Lipinski definition) is 5. The fourth-order valence-electron chi connectivity index (χ4n) is 2.17. The molecule has 0 unspecified atom stereocenters. The molecule has 0 spiro atoms. The van der Waals surface area contributed by atoms with Crippen LogP contribution in [0.25, 0.3) is 0 Å². The molecule has 0 saturated heterocycles. The number of nitrogens with one attached hydrogen (secondary N) is 2. The molecular weight excluding hydrogens is 406 g/mol. The Balaban J connectivity index is 1.79. The summed E-state index contributed by atoms with van der Waals surface area (Å²) >= 11 is 7.27. The van der Waals surface area contributed by atoms with Gasteiger partial charge in [-0.15, -0.1) is 11.3 Å². The molecule has 3 rings (SSSR count). The van der Waals surface area contributed by atoms with Gasteiger partial charge in [0.1, 0.15) is 0 Å². The topological polar surface area (TPSA) is 87.6 Å². The Bertz CT molecular complexity index is 1060. The third-order valence-electron chi connectivity index (χ3n) is 3.44. The second-order valence-corrected chi connectivity index (χ2v) is 8.42. The van der Waals surface area contributed by atoms with E-state index in [1.807, 2.05) is 17.5 Å². The molecule has 0 fully saturated rings. The molecule has 2 aromatic carbocycles. The quantitative estimate of drug-likeness (QED) is 0.468. The number of anilines is 1. The average molecular weight is 420 g/mol. The molecule has 9 heteroatoms. The van der Waals surface area contributed by atoms with Crippen molar-refractivity contribution in [2.75, 3.05) is 4.72 Å². The van der Waals surface area contributed by atoms with Crippen LogP contribution in [0.2, 0.25) is 5.02 Å². The van der Waals surface area contributed by atoms with Gasteiger partial charge in [-0.25, -0.2) is 13.8 Å². The average Bonchev–Trinajstić information content (AvgIpc) is 3.15. The zero-order valence-corrected chi connectivity index (χ0v) is 16.2. The van der Waals surface area contributed by atoms with E-state index < -0.39 is 15.9 Å². The van der Waals surface area contributed by atoms with Crippen LogP contribution in [0.3, 0.4) is 0 Å². The SMILES string of the molecule is O=C(N/N=C/c1cccs1)c1ccccc1NS(=O)(=O)c1ccc(Cl)cc1. The van der Waals surface area contributed by atoms with Gasteiger partial charge in [0.25, 0.3) is 15.9 Å². The molecule has 6 nitrogen and oxygen atoms in total. The lowest BCUT2D eigenvalue weighted by Gasteiger charge is -2.11. The molecule has 1 aromatic heterocycles. The molecule has 0 aliphatic carbocycles. The minimum absolute atomic E-state index is 0.0397. The minimum Gasteiger partial charge on any atom is -0.279 e. The third kappa shape index (κ3) is 4.94. The van der Waals surface area contributed by atoms with Gasteiger partial charge in [0, 0.05) is 9.90 Å². The summed E-state index contributed by atoms with van der Waals surface area (Å²) in [5.41, 5.74) is 2.70. The Labute approximate surface area is 165 Å². The van der Waals surface area contributed by atoms with Crippen molar-refractivity contribution >= 4 is 50.8 Å². The van der Waals surface area contributed by atoms with Gasteiger partial charge < -0.3 is 0 Å². The second kappa shape index (κ2) is 8.34. The number of benzene rings is 2. The van der Waals surface area contributed by atoms with Crippen molar-refractivity contribution in [2.24, 2.45) is 5.10 Å². The van der Waals surface area contributed by atoms with E-state index in [4.69, 9.17) is 11.6 Å². The number of para-hydroxylation sites is 1. The van der Waals surface area contributed by atoms with Crippen molar-refractivity contribution in [1.82, 2.24) is 5.43 Å². The fraction of sp³-hybridized carbons (Fsp3) is 0. The summed E-state index contributed by atoms with van der Waals surface area (Å²) in [5.74, 6) is -0.530. The number of nitrogens with zero attached hydrogens (tertiary/aromatic N) is 1. The predicted octanol–water partition coefficient (Wildman–Crippen LogP) is 3.97. The van der Waals surface area contributed by atoms with Gasteiger partial charge in [0.2, 0.25) is 0 Å². The van der Waals surface area contributed by atoms with Crippen molar-refractivity contribution < 1.29 is 13.2 Å². The molecule has 1 heterocycles. The highest BCUT2D eigenvalue weighted by Crippen LogP contribution is 2.21. The van der Waals surface area contributed by atoms with Crippen molar-refractivity contribution in [3.8, 4) is 0 Å². The van der Waals surface area contributed by atoms with Gasteiger partial charge in [0.15, 0.2) is 0 Å². The van der Waals surface area contributed by atoms with Crippen LogP contribution in [0.4, 0.5) is 5.69 Å². The highest BCUT2D eigenvalue weighted by Gasteiger charge is 2.18. The van der Waals surface area contributed by atoms with Crippen molar-refractivity contribution in [2.45, 2.75) is 4.90 Å². The highest BCUT2D eigenvalue weighted by molar-refractivity contribution is 7.92. The lowest BCUT2D eigenvalue weighted by molar-refractivity contribution is 0.0956. The summed E-state index contributed by atoms with van der Waals surface area (Å²) in [5, 5.41) is 6.21. The maximum Gasteiger partial charge on any atom is 0.273 e. The van der Waals surface area contributed by atoms with Crippen molar-refractivity contribution in [3.63, 3.8) is 0 Å². The first kappa shape index (κ1) is 19.1. The smallest absolute Gasteiger partial charge is 0.273 e. The number of halogens is 1. The number of rotatable bonds is 6. The number of hydrazone groups is 1. The molecule has 0 radical (unpaired) electrons. The molecule has 0 bridgehead atoms. The Kier molecular flexibility index (Phi) is 5.90. The van der Waals surface area contributed by atoms with Crippen LogP contribution in [0.15, 0.2) is 76.0 Å². The van der Waals surface area contributed by atoms with E-state index in [0.29, 0.717) is 5.02 Å². The predicted molar refractivity (Wildman–Crippen MR) is 108 cm³/mol. The number of hydrogen-bond donors (Lipinski definition) is 2. The van der Waals surface area contributed by atoms with Crippen LogP contribution in [0, 0.1) is 0 Å². The molecule has 0 atom stereocenters. The fourth-order valence-corrected chi connectivity index (χ4v) is 3.96. The molecule has 3 aromatic rings. The Hall–Kier alpha value is -2.68. The molecule has 138 valence electrons. The van der Waals surface area contributed by atoms with Crippen LogP contribution >= 0.6 is 22.9 Å². The highest BCUT2D eigenvalue weighted by atomic mass is 35.5. The first-order valence-corrected chi connectivity index (χ1v) is 10.4. The van der Waals surface area contributed by atoms with Crippen LogP contribution in [0.5, 0.6) is 0 Å². The van der Waals surface area contributed by atoms with Crippen LogP contribution < -0.4 is 10.1 Å². The largest absolute Gasteiger partial charge is 0.279 e.